The molecule has 0 radical (unpaired) electrons. The first kappa shape index (κ1) is 15.3. The van der Waals surface area contributed by atoms with Crippen LogP contribution in [-0.4, -0.2) is 30.5 Å². The summed E-state index contributed by atoms with van der Waals surface area (Å²) in [6, 6.07) is 5.72. The third kappa shape index (κ3) is 3.96. The van der Waals surface area contributed by atoms with Crippen LogP contribution in [0.5, 0.6) is 5.75 Å². The summed E-state index contributed by atoms with van der Waals surface area (Å²) >= 11 is 3.44. The molecule has 2 rings (SSSR count). The topological polar surface area (TPSA) is 55.6 Å². The molecular weight excluding hydrogens is 320 g/mol. The van der Waals surface area contributed by atoms with Crippen molar-refractivity contribution in [3.8, 4) is 5.75 Å². The Morgan fingerprint density at radius 3 is 2.60 bits per heavy atom. The number of carbonyl (C=O) groups excluding carboxylic acids is 1. The fourth-order valence-corrected chi connectivity index (χ4v) is 2.94. The van der Waals surface area contributed by atoms with Gasteiger partial charge in [-0.3, -0.25) is 4.79 Å². The van der Waals surface area contributed by atoms with Crippen LogP contribution in [0.3, 0.4) is 0 Å². The maximum absolute atomic E-state index is 12.2. The highest BCUT2D eigenvalue weighted by molar-refractivity contribution is 9.10. The lowest BCUT2D eigenvalue weighted by Crippen LogP contribution is -2.35. The van der Waals surface area contributed by atoms with E-state index >= 15 is 0 Å². The van der Waals surface area contributed by atoms with Gasteiger partial charge in [0.25, 0.3) is 5.91 Å². The van der Waals surface area contributed by atoms with Crippen LogP contribution < -0.4 is 10.5 Å². The van der Waals surface area contributed by atoms with Crippen LogP contribution in [0, 0.1) is 0 Å². The molecule has 1 aromatic carbocycles. The van der Waals surface area contributed by atoms with Crippen molar-refractivity contribution in [2.45, 2.75) is 32.2 Å². The van der Waals surface area contributed by atoms with Gasteiger partial charge in [0, 0.05) is 25.2 Å². The van der Waals surface area contributed by atoms with Gasteiger partial charge >= 0.3 is 0 Å². The highest BCUT2D eigenvalue weighted by Crippen LogP contribution is 2.28. The van der Waals surface area contributed by atoms with E-state index in [1.54, 1.807) is 0 Å². The van der Waals surface area contributed by atoms with E-state index in [0.29, 0.717) is 12.3 Å². The van der Waals surface area contributed by atoms with Crippen LogP contribution in [0.25, 0.3) is 0 Å². The average Bonchev–Trinajstić information content (AvgIpc) is 2.74. The molecule has 20 heavy (non-hydrogen) atoms. The maximum Gasteiger partial charge on any atom is 0.260 e. The van der Waals surface area contributed by atoms with E-state index in [9.17, 15) is 4.79 Å². The molecule has 5 heteroatoms. The number of amides is 1. The number of ether oxygens (including phenoxy) is 1. The van der Waals surface area contributed by atoms with Crippen molar-refractivity contribution >= 4 is 21.8 Å². The second-order valence-corrected chi connectivity index (χ2v) is 5.87. The van der Waals surface area contributed by atoms with Crippen LogP contribution in [0.1, 0.15) is 31.2 Å². The number of halogens is 1. The fraction of sp³-hybridized carbons (Fsp3) is 0.533. The SMILES string of the molecule is NCc1cccc(Br)c1OCC(=O)N1CCCCCC1. The molecular formula is C15H21BrN2O2. The number of para-hydroxylation sites is 1. The minimum atomic E-state index is 0.0608. The molecule has 0 aromatic heterocycles. The van der Waals surface area contributed by atoms with Gasteiger partial charge in [-0.1, -0.05) is 25.0 Å². The van der Waals surface area contributed by atoms with E-state index in [2.05, 4.69) is 15.9 Å². The van der Waals surface area contributed by atoms with Gasteiger partial charge in [-0.2, -0.15) is 0 Å². The Balaban J connectivity index is 1.96. The lowest BCUT2D eigenvalue weighted by atomic mass is 10.2. The predicted molar refractivity (Wildman–Crippen MR) is 82.6 cm³/mol. The first-order valence-corrected chi connectivity index (χ1v) is 7.89. The predicted octanol–water partition coefficient (Wildman–Crippen LogP) is 2.69. The van der Waals surface area contributed by atoms with Crippen LogP contribution in [0.4, 0.5) is 0 Å². The van der Waals surface area contributed by atoms with Crippen molar-refractivity contribution in [1.82, 2.24) is 4.90 Å². The number of benzene rings is 1. The van der Waals surface area contributed by atoms with E-state index < -0.39 is 0 Å². The molecule has 1 heterocycles. The maximum atomic E-state index is 12.2. The van der Waals surface area contributed by atoms with E-state index in [1.165, 1.54) is 12.8 Å². The number of nitrogens with zero attached hydrogens (tertiary/aromatic N) is 1. The van der Waals surface area contributed by atoms with E-state index in [0.717, 1.165) is 36.0 Å². The molecule has 0 bridgehead atoms. The molecule has 1 aromatic rings. The summed E-state index contributed by atoms with van der Waals surface area (Å²) in [4.78, 5) is 14.1. The fourth-order valence-electron chi connectivity index (χ4n) is 2.42. The summed E-state index contributed by atoms with van der Waals surface area (Å²) in [5.74, 6) is 0.740. The monoisotopic (exact) mass is 340 g/mol. The van der Waals surface area contributed by atoms with Crippen LogP contribution in [0.15, 0.2) is 22.7 Å². The van der Waals surface area contributed by atoms with Gasteiger partial charge in [-0.15, -0.1) is 0 Å². The van der Waals surface area contributed by atoms with Crippen molar-refractivity contribution in [3.63, 3.8) is 0 Å². The van der Waals surface area contributed by atoms with Gasteiger partial charge in [-0.25, -0.2) is 0 Å². The molecule has 1 fully saturated rings. The summed E-state index contributed by atoms with van der Waals surface area (Å²) in [6.07, 6.45) is 4.61. The second-order valence-electron chi connectivity index (χ2n) is 5.02. The van der Waals surface area contributed by atoms with Crippen molar-refractivity contribution < 1.29 is 9.53 Å². The van der Waals surface area contributed by atoms with Crippen molar-refractivity contribution in [2.24, 2.45) is 5.73 Å². The zero-order valence-electron chi connectivity index (χ0n) is 11.6. The highest BCUT2D eigenvalue weighted by atomic mass is 79.9. The summed E-state index contributed by atoms with van der Waals surface area (Å²) < 4.78 is 6.53. The Kier molecular flexibility index (Phi) is 5.86. The Labute approximate surface area is 128 Å². The van der Waals surface area contributed by atoms with Gasteiger partial charge < -0.3 is 15.4 Å². The van der Waals surface area contributed by atoms with E-state index in [1.807, 2.05) is 23.1 Å². The van der Waals surface area contributed by atoms with Gasteiger partial charge in [0.1, 0.15) is 5.75 Å². The molecule has 0 unspecified atom stereocenters. The Bertz CT molecular complexity index is 457. The normalized spacial score (nSPS) is 15.8. The molecule has 1 saturated heterocycles. The quantitative estimate of drug-likeness (QED) is 0.916. The molecule has 1 amide bonds. The Morgan fingerprint density at radius 1 is 1.25 bits per heavy atom. The van der Waals surface area contributed by atoms with Crippen molar-refractivity contribution in [3.05, 3.63) is 28.2 Å². The van der Waals surface area contributed by atoms with Crippen LogP contribution in [-0.2, 0) is 11.3 Å². The molecule has 0 aliphatic carbocycles. The van der Waals surface area contributed by atoms with Crippen molar-refractivity contribution in [1.29, 1.82) is 0 Å². The molecule has 1 aliphatic heterocycles. The lowest BCUT2D eigenvalue weighted by molar-refractivity contribution is -0.133. The largest absolute Gasteiger partial charge is 0.482 e. The number of likely N-dealkylation sites (tertiary alicyclic amines) is 1. The third-order valence-corrected chi connectivity index (χ3v) is 4.19. The molecule has 0 atom stereocenters. The summed E-state index contributed by atoms with van der Waals surface area (Å²) in [5.41, 5.74) is 6.60. The third-order valence-electron chi connectivity index (χ3n) is 3.57. The van der Waals surface area contributed by atoms with Gasteiger partial charge in [0.05, 0.1) is 4.47 Å². The number of hydrogen-bond acceptors (Lipinski definition) is 3. The van der Waals surface area contributed by atoms with Gasteiger partial charge in [0.2, 0.25) is 0 Å². The second kappa shape index (κ2) is 7.64. The van der Waals surface area contributed by atoms with Crippen LogP contribution >= 0.6 is 15.9 Å². The minimum absolute atomic E-state index is 0.0608. The molecule has 1 aliphatic rings. The average molecular weight is 341 g/mol. The van der Waals surface area contributed by atoms with Crippen LogP contribution in [0.2, 0.25) is 0 Å². The van der Waals surface area contributed by atoms with E-state index in [-0.39, 0.29) is 12.5 Å². The molecule has 4 nitrogen and oxygen atoms in total. The minimum Gasteiger partial charge on any atom is -0.482 e. The molecule has 110 valence electrons. The zero-order chi connectivity index (χ0) is 14.4. The molecule has 2 N–H and O–H groups in total. The van der Waals surface area contributed by atoms with E-state index in [4.69, 9.17) is 10.5 Å². The van der Waals surface area contributed by atoms with Gasteiger partial charge in [0.15, 0.2) is 6.61 Å². The lowest BCUT2D eigenvalue weighted by Gasteiger charge is -2.21. The Hall–Kier alpha value is -1.07. The first-order valence-electron chi connectivity index (χ1n) is 7.10. The van der Waals surface area contributed by atoms with Crippen molar-refractivity contribution in [2.75, 3.05) is 19.7 Å². The summed E-state index contributed by atoms with van der Waals surface area (Å²) in [6.45, 7) is 2.17. The standard InChI is InChI=1S/C15H21BrN2O2/c16-13-7-5-6-12(10-17)15(13)20-11-14(19)18-8-3-1-2-4-9-18/h5-7H,1-4,8-11,17H2. The Morgan fingerprint density at radius 2 is 1.95 bits per heavy atom. The number of hydrogen-bond donors (Lipinski definition) is 1. The smallest absolute Gasteiger partial charge is 0.260 e. The number of rotatable bonds is 4. The number of carbonyl (C=O) groups is 1. The summed E-state index contributed by atoms with van der Waals surface area (Å²) in [7, 11) is 0. The first-order chi connectivity index (χ1) is 9.72. The number of nitrogens with two attached hydrogens (primary N) is 1. The highest BCUT2D eigenvalue weighted by Gasteiger charge is 2.17. The molecule has 0 saturated carbocycles. The zero-order valence-corrected chi connectivity index (χ0v) is 13.2. The molecule has 0 spiro atoms. The van der Waals surface area contributed by atoms with Gasteiger partial charge in [-0.05, 0) is 34.8 Å². The summed E-state index contributed by atoms with van der Waals surface area (Å²) in [5, 5.41) is 0.